The molecule has 1 heterocycles. The molecular formula is C12H16Br2N2O2S. The second-order valence-electron chi connectivity index (χ2n) is 4.44. The quantitative estimate of drug-likeness (QED) is 0.755. The van der Waals surface area contributed by atoms with Crippen molar-refractivity contribution in [2.75, 3.05) is 13.1 Å². The Hall–Kier alpha value is -0.400. The third kappa shape index (κ3) is 6.05. The summed E-state index contributed by atoms with van der Waals surface area (Å²) in [7, 11) is 0. The Balaban J connectivity index is 2.29. The molecule has 0 aliphatic heterocycles. The average molecular weight is 412 g/mol. The molecule has 0 unspecified atom stereocenters. The molecule has 4 nitrogen and oxygen atoms in total. The van der Waals surface area contributed by atoms with Gasteiger partial charge in [-0.1, -0.05) is 13.8 Å². The minimum Gasteiger partial charge on any atom is -0.356 e. The van der Waals surface area contributed by atoms with Gasteiger partial charge < -0.3 is 10.6 Å². The molecule has 0 atom stereocenters. The second kappa shape index (κ2) is 8.01. The van der Waals surface area contributed by atoms with Crippen LogP contribution in [0.3, 0.4) is 0 Å². The van der Waals surface area contributed by atoms with Crippen molar-refractivity contribution in [2.24, 2.45) is 5.92 Å². The monoisotopic (exact) mass is 410 g/mol. The third-order valence-corrected chi connectivity index (χ3v) is 5.47. The van der Waals surface area contributed by atoms with Crippen LogP contribution in [0.4, 0.5) is 0 Å². The van der Waals surface area contributed by atoms with Gasteiger partial charge in [-0.05, 0) is 43.8 Å². The van der Waals surface area contributed by atoms with Gasteiger partial charge in [-0.3, -0.25) is 9.59 Å². The summed E-state index contributed by atoms with van der Waals surface area (Å²) in [5.41, 5.74) is 0. The second-order valence-corrected chi connectivity index (χ2v) is 7.66. The first-order valence-corrected chi connectivity index (χ1v) is 8.30. The Labute approximate surface area is 133 Å². The summed E-state index contributed by atoms with van der Waals surface area (Å²) in [6, 6.07) is 1.75. The molecule has 0 spiro atoms. The summed E-state index contributed by atoms with van der Waals surface area (Å²) in [6.07, 6.45) is 0.298. The summed E-state index contributed by atoms with van der Waals surface area (Å²) in [6.45, 7) is 5.08. The number of nitrogens with one attached hydrogen (secondary N) is 2. The standard InChI is InChI=1S/C12H16Br2N2O2S/c1-7(2)6-16-10(17)3-4-15-12(18)9-5-8(13)11(14)19-9/h5,7H,3-4,6H2,1-2H3,(H,15,18)(H,16,17). The molecule has 106 valence electrons. The number of hydrogen-bond donors (Lipinski definition) is 2. The predicted octanol–water partition coefficient (Wildman–Crippen LogP) is 3.17. The maximum Gasteiger partial charge on any atom is 0.261 e. The van der Waals surface area contributed by atoms with Crippen molar-refractivity contribution >= 4 is 55.0 Å². The molecule has 1 aromatic rings. The van der Waals surface area contributed by atoms with Crippen LogP contribution in [0.1, 0.15) is 29.9 Å². The average Bonchev–Trinajstić information content (AvgIpc) is 2.67. The molecule has 0 bridgehead atoms. The molecule has 0 aliphatic carbocycles. The molecule has 0 fully saturated rings. The van der Waals surface area contributed by atoms with E-state index in [2.05, 4.69) is 42.5 Å². The first-order valence-electron chi connectivity index (χ1n) is 5.90. The molecule has 0 aromatic carbocycles. The van der Waals surface area contributed by atoms with Crippen molar-refractivity contribution in [3.05, 3.63) is 19.2 Å². The zero-order valence-electron chi connectivity index (χ0n) is 10.8. The zero-order valence-corrected chi connectivity index (χ0v) is 14.7. The van der Waals surface area contributed by atoms with Crippen LogP contribution in [0.25, 0.3) is 0 Å². The molecule has 2 N–H and O–H groups in total. The van der Waals surface area contributed by atoms with E-state index in [1.807, 2.05) is 13.8 Å². The van der Waals surface area contributed by atoms with Gasteiger partial charge in [0.15, 0.2) is 0 Å². The van der Waals surface area contributed by atoms with Crippen LogP contribution >= 0.6 is 43.2 Å². The number of halogens is 2. The lowest BCUT2D eigenvalue weighted by atomic mass is 10.2. The third-order valence-electron chi connectivity index (χ3n) is 2.21. The number of amides is 2. The van der Waals surface area contributed by atoms with E-state index in [0.717, 1.165) is 8.26 Å². The van der Waals surface area contributed by atoms with Crippen LogP contribution in [0.2, 0.25) is 0 Å². The lowest BCUT2D eigenvalue weighted by Crippen LogP contribution is -2.32. The summed E-state index contributed by atoms with van der Waals surface area (Å²) >= 11 is 8.02. The van der Waals surface area contributed by atoms with Crippen molar-refractivity contribution < 1.29 is 9.59 Å². The number of thiophene rings is 1. The number of hydrogen-bond acceptors (Lipinski definition) is 3. The van der Waals surface area contributed by atoms with E-state index in [1.165, 1.54) is 11.3 Å². The fraction of sp³-hybridized carbons (Fsp3) is 0.500. The van der Waals surface area contributed by atoms with E-state index in [9.17, 15) is 9.59 Å². The number of rotatable bonds is 6. The molecule has 0 aliphatic rings. The predicted molar refractivity (Wildman–Crippen MR) is 84.5 cm³/mol. The molecule has 1 rings (SSSR count). The Morgan fingerprint density at radius 2 is 2.00 bits per heavy atom. The van der Waals surface area contributed by atoms with E-state index >= 15 is 0 Å². The van der Waals surface area contributed by atoms with Crippen molar-refractivity contribution in [3.63, 3.8) is 0 Å². The van der Waals surface area contributed by atoms with Gasteiger partial charge in [-0.15, -0.1) is 11.3 Å². The Morgan fingerprint density at radius 1 is 1.32 bits per heavy atom. The fourth-order valence-electron chi connectivity index (χ4n) is 1.24. The summed E-state index contributed by atoms with van der Waals surface area (Å²) in [4.78, 5) is 23.8. The minimum atomic E-state index is -0.159. The highest BCUT2D eigenvalue weighted by atomic mass is 79.9. The normalized spacial score (nSPS) is 10.6. The topological polar surface area (TPSA) is 58.2 Å². The zero-order chi connectivity index (χ0) is 14.4. The van der Waals surface area contributed by atoms with Gasteiger partial charge in [0.2, 0.25) is 5.91 Å². The van der Waals surface area contributed by atoms with Gasteiger partial charge in [0.25, 0.3) is 5.91 Å². The van der Waals surface area contributed by atoms with Crippen LogP contribution < -0.4 is 10.6 Å². The minimum absolute atomic E-state index is 0.0393. The van der Waals surface area contributed by atoms with Gasteiger partial charge in [0.05, 0.1) is 8.66 Å². The molecule has 2 amide bonds. The van der Waals surface area contributed by atoms with Crippen LogP contribution in [0.5, 0.6) is 0 Å². The van der Waals surface area contributed by atoms with E-state index in [4.69, 9.17) is 0 Å². The number of carbonyl (C=O) groups excluding carboxylic acids is 2. The molecular weight excluding hydrogens is 396 g/mol. The summed E-state index contributed by atoms with van der Waals surface area (Å²) in [5, 5.41) is 5.53. The Morgan fingerprint density at radius 3 is 2.53 bits per heavy atom. The van der Waals surface area contributed by atoms with Crippen molar-refractivity contribution in [1.29, 1.82) is 0 Å². The molecule has 0 saturated carbocycles. The van der Waals surface area contributed by atoms with Crippen molar-refractivity contribution in [2.45, 2.75) is 20.3 Å². The van der Waals surface area contributed by atoms with Crippen molar-refractivity contribution in [3.8, 4) is 0 Å². The maximum atomic E-state index is 11.8. The van der Waals surface area contributed by atoms with E-state index < -0.39 is 0 Å². The fourth-order valence-corrected chi connectivity index (χ4v) is 3.19. The van der Waals surface area contributed by atoms with Crippen molar-refractivity contribution in [1.82, 2.24) is 10.6 Å². The molecule has 0 radical (unpaired) electrons. The SMILES string of the molecule is CC(C)CNC(=O)CCNC(=O)c1cc(Br)c(Br)s1. The highest BCUT2D eigenvalue weighted by molar-refractivity contribution is 9.13. The van der Waals surface area contributed by atoms with Gasteiger partial charge in [0.1, 0.15) is 0 Å². The van der Waals surface area contributed by atoms with Gasteiger partial charge in [0, 0.05) is 24.0 Å². The lowest BCUT2D eigenvalue weighted by Gasteiger charge is -2.07. The molecule has 0 saturated heterocycles. The highest BCUT2D eigenvalue weighted by Gasteiger charge is 2.12. The van der Waals surface area contributed by atoms with E-state index in [1.54, 1.807) is 6.07 Å². The maximum absolute atomic E-state index is 11.8. The summed E-state index contributed by atoms with van der Waals surface area (Å²) < 4.78 is 1.74. The van der Waals surface area contributed by atoms with Crippen LogP contribution in [0, 0.1) is 5.92 Å². The largest absolute Gasteiger partial charge is 0.356 e. The summed E-state index contributed by atoms with van der Waals surface area (Å²) in [5.74, 6) is 0.231. The first kappa shape index (κ1) is 16.7. The highest BCUT2D eigenvalue weighted by Crippen LogP contribution is 2.32. The Bertz CT molecular complexity index is 441. The van der Waals surface area contributed by atoms with E-state index in [-0.39, 0.29) is 11.8 Å². The van der Waals surface area contributed by atoms with Gasteiger partial charge in [-0.25, -0.2) is 0 Å². The smallest absolute Gasteiger partial charge is 0.261 e. The Kier molecular flexibility index (Phi) is 7.02. The van der Waals surface area contributed by atoms with Crippen LogP contribution in [0.15, 0.2) is 14.3 Å². The molecule has 7 heteroatoms. The molecule has 19 heavy (non-hydrogen) atoms. The van der Waals surface area contributed by atoms with Gasteiger partial charge >= 0.3 is 0 Å². The van der Waals surface area contributed by atoms with Crippen LogP contribution in [-0.4, -0.2) is 24.9 Å². The molecule has 1 aromatic heterocycles. The first-order chi connectivity index (χ1) is 8.90. The lowest BCUT2D eigenvalue weighted by molar-refractivity contribution is -0.121. The van der Waals surface area contributed by atoms with Gasteiger partial charge in [-0.2, -0.15) is 0 Å². The van der Waals surface area contributed by atoms with E-state index in [0.29, 0.717) is 30.3 Å². The number of carbonyl (C=O) groups is 2. The van der Waals surface area contributed by atoms with Crippen LogP contribution in [-0.2, 0) is 4.79 Å².